The van der Waals surface area contributed by atoms with Crippen LogP contribution >= 0.6 is 11.6 Å². The third-order valence-electron chi connectivity index (χ3n) is 4.30. The fourth-order valence-corrected chi connectivity index (χ4v) is 3.12. The third kappa shape index (κ3) is 3.95. The second-order valence-corrected chi connectivity index (χ2v) is 6.69. The summed E-state index contributed by atoms with van der Waals surface area (Å²) < 4.78 is 23.6. The summed E-state index contributed by atoms with van der Waals surface area (Å²) in [5.74, 6) is -0.843. The molecule has 2 aromatic heterocycles. The van der Waals surface area contributed by atoms with Gasteiger partial charge in [-0.05, 0) is 30.7 Å². The molecule has 1 N–H and O–H groups in total. The summed E-state index contributed by atoms with van der Waals surface area (Å²) in [5.41, 5.74) is 2.00. The van der Waals surface area contributed by atoms with E-state index in [1.165, 1.54) is 12.1 Å². The molecule has 9 heteroatoms. The molecule has 0 amide bonds. The topological polar surface area (TPSA) is 90.1 Å². The van der Waals surface area contributed by atoms with E-state index >= 15 is 0 Å². The van der Waals surface area contributed by atoms with Crippen LogP contribution in [0, 0.1) is 5.82 Å². The van der Waals surface area contributed by atoms with E-state index in [1.54, 1.807) is 37.3 Å². The van der Waals surface area contributed by atoms with E-state index in [4.69, 9.17) is 20.9 Å². The number of nitrogens with one attached hydrogen (secondary N) is 1. The standard InChI is InChI=1S/C21H16ClFN4O3/c1-2-29-21(28)19-25-18(24-11-12-7-9-13(23)10-8-12)16-17(27-30-20(16)26-19)14-5-3-4-6-15(14)22/h3-10H,2,11H2,1H3,(H,24,25,26). The van der Waals surface area contributed by atoms with E-state index in [-0.39, 0.29) is 24.0 Å². The summed E-state index contributed by atoms with van der Waals surface area (Å²) in [6.07, 6.45) is 0. The monoisotopic (exact) mass is 426 g/mol. The van der Waals surface area contributed by atoms with Crippen molar-refractivity contribution in [2.24, 2.45) is 0 Å². The van der Waals surface area contributed by atoms with Crippen molar-refractivity contribution in [3.63, 3.8) is 0 Å². The normalized spacial score (nSPS) is 10.9. The number of hydrogen-bond donors (Lipinski definition) is 1. The van der Waals surface area contributed by atoms with Gasteiger partial charge in [0, 0.05) is 12.1 Å². The Labute approximate surface area is 175 Å². The highest BCUT2D eigenvalue weighted by atomic mass is 35.5. The maximum atomic E-state index is 13.2. The van der Waals surface area contributed by atoms with Gasteiger partial charge in [-0.2, -0.15) is 4.98 Å². The molecule has 152 valence electrons. The van der Waals surface area contributed by atoms with Gasteiger partial charge >= 0.3 is 5.97 Å². The van der Waals surface area contributed by atoms with Gasteiger partial charge in [0.05, 0.1) is 11.6 Å². The molecule has 0 aliphatic heterocycles. The van der Waals surface area contributed by atoms with Crippen LogP contribution in [0.2, 0.25) is 5.02 Å². The Morgan fingerprint density at radius 2 is 1.93 bits per heavy atom. The molecule has 0 radical (unpaired) electrons. The molecule has 2 aromatic carbocycles. The minimum atomic E-state index is -0.681. The number of aromatic nitrogens is 3. The Balaban J connectivity index is 1.80. The number of anilines is 1. The Kier molecular flexibility index (Phi) is 5.58. The quantitative estimate of drug-likeness (QED) is 0.440. The molecule has 0 unspecified atom stereocenters. The molecule has 0 aliphatic rings. The van der Waals surface area contributed by atoms with Gasteiger partial charge in [0.2, 0.25) is 5.82 Å². The lowest BCUT2D eigenvalue weighted by molar-refractivity contribution is 0.0512. The lowest BCUT2D eigenvalue weighted by atomic mass is 10.1. The minimum Gasteiger partial charge on any atom is -0.460 e. The molecule has 2 heterocycles. The van der Waals surface area contributed by atoms with E-state index in [0.717, 1.165) is 5.56 Å². The smallest absolute Gasteiger partial charge is 0.376 e. The van der Waals surface area contributed by atoms with Crippen molar-refractivity contribution in [3.05, 3.63) is 70.8 Å². The highest BCUT2D eigenvalue weighted by Crippen LogP contribution is 2.35. The minimum absolute atomic E-state index is 0.115. The first-order chi connectivity index (χ1) is 14.6. The molecule has 4 aromatic rings. The van der Waals surface area contributed by atoms with Gasteiger partial charge in [-0.1, -0.05) is 47.1 Å². The number of carbonyl (C=O) groups excluding carboxylic acids is 1. The van der Waals surface area contributed by atoms with E-state index in [1.807, 2.05) is 6.07 Å². The van der Waals surface area contributed by atoms with Crippen LogP contribution in [0.3, 0.4) is 0 Å². The summed E-state index contributed by atoms with van der Waals surface area (Å²) in [6.45, 7) is 2.19. The summed E-state index contributed by atoms with van der Waals surface area (Å²) >= 11 is 6.33. The van der Waals surface area contributed by atoms with Crippen molar-refractivity contribution >= 4 is 34.5 Å². The van der Waals surface area contributed by atoms with Crippen molar-refractivity contribution in [1.82, 2.24) is 15.1 Å². The zero-order valence-corrected chi connectivity index (χ0v) is 16.6. The predicted octanol–water partition coefficient (Wildman–Crippen LogP) is 4.87. The van der Waals surface area contributed by atoms with Crippen LogP contribution in [-0.4, -0.2) is 27.7 Å². The SMILES string of the molecule is CCOC(=O)c1nc(NCc2ccc(F)cc2)c2c(-c3ccccc3Cl)noc2n1. The van der Waals surface area contributed by atoms with E-state index in [9.17, 15) is 9.18 Å². The average Bonchev–Trinajstić information content (AvgIpc) is 3.17. The number of halogens is 2. The third-order valence-corrected chi connectivity index (χ3v) is 4.63. The van der Waals surface area contributed by atoms with Gasteiger partial charge in [0.1, 0.15) is 22.7 Å². The fourth-order valence-electron chi connectivity index (χ4n) is 2.89. The molecule has 30 heavy (non-hydrogen) atoms. The first-order valence-electron chi connectivity index (χ1n) is 9.14. The Morgan fingerprint density at radius 3 is 2.67 bits per heavy atom. The Hall–Kier alpha value is -3.52. The zero-order valence-electron chi connectivity index (χ0n) is 15.9. The van der Waals surface area contributed by atoms with Crippen LogP contribution < -0.4 is 5.32 Å². The second kappa shape index (κ2) is 8.46. The van der Waals surface area contributed by atoms with Crippen LogP contribution in [0.5, 0.6) is 0 Å². The summed E-state index contributed by atoms with van der Waals surface area (Å²) in [6, 6.07) is 13.2. The van der Waals surface area contributed by atoms with Gasteiger partial charge in [-0.25, -0.2) is 14.2 Å². The number of ether oxygens (including phenoxy) is 1. The highest BCUT2D eigenvalue weighted by molar-refractivity contribution is 6.33. The summed E-state index contributed by atoms with van der Waals surface area (Å²) in [4.78, 5) is 20.7. The van der Waals surface area contributed by atoms with Gasteiger partial charge in [0.15, 0.2) is 0 Å². The van der Waals surface area contributed by atoms with Crippen molar-refractivity contribution in [3.8, 4) is 11.3 Å². The number of carbonyl (C=O) groups is 1. The lowest BCUT2D eigenvalue weighted by Gasteiger charge is -2.09. The van der Waals surface area contributed by atoms with Crippen LogP contribution in [-0.2, 0) is 11.3 Å². The first kappa shape index (κ1) is 19.8. The molecular formula is C21H16ClFN4O3. The molecule has 4 rings (SSSR count). The van der Waals surface area contributed by atoms with E-state index in [2.05, 4.69) is 20.4 Å². The van der Waals surface area contributed by atoms with Gasteiger partial charge < -0.3 is 14.6 Å². The molecule has 0 saturated carbocycles. The maximum absolute atomic E-state index is 13.2. The Morgan fingerprint density at radius 1 is 1.17 bits per heavy atom. The molecule has 0 aliphatic carbocycles. The van der Waals surface area contributed by atoms with Crippen LogP contribution in [0.4, 0.5) is 10.2 Å². The van der Waals surface area contributed by atoms with Gasteiger partial charge in [-0.3, -0.25) is 0 Å². The lowest BCUT2D eigenvalue weighted by Crippen LogP contribution is -2.12. The molecule has 0 saturated heterocycles. The van der Waals surface area contributed by atoms with Crippen molar-refractivity contribution in [2.75, 3.05) is 11.9 Å². The van der Waals surface area contributed by atoms with Gasteiger partial charge in [0.25, 0.3) is 5.71 Å². The van der Waals surface area contributed by atoms with E-state index < -0.39 is 5.97 Å². The van der Waals surface area contributed by atoms with Crippen molar-refractivity contribution in [2.45, 2.75) is 13.5 Å². The molecular weight excluding hydrogens is 411 g/mol. The van der Waals surface area contributed by atoms with E-state index in [0.29, 0.717) is 34.0 Å². The molecule has 0 spiro atoms. The number of rotatable bonds is 6. The van der Waals surface area contributed by atoms with Gasteiger partial charge in [-0.15, -0.1) is 0 Å². The first-order valence-corrected chi connectivity index (χ1v) is 9.52. The number of nitrogens with zero attached hydrogens (tertiary/aromatic N) is 3. The number of benzene rings is 2. The number of fused-ring (bicyclic) bond motifs is 1. The van der Waals surface area contributed by atoms with Crippen LogP contribution in [0.15, 0.2) is 53.1 Å². The van der Waals surface area contributed by atoms with Crippen molar-refractivity contribution < 1.29 is 18.4 Å². The van der Waals surface area contributed by atoms with Crippen LogP contribution in [0.25, 0.3) is 22.4 Å². The zero-order chi connectivity index (χ0) is 21.1. The van der Waals surface area contributed by atoms with Crippen molar-refractivity contribution in [1.29, 1.82) is 0 Å². The second-order valence-electron chi connectivity index (χ2n) is 6.29. The number of hydrogen-bond acceptors (Lipinski definition) is 7. The highest BCUT2D eigenvalue weighted by Gasteiger charge is 2.23. The average molecular weight is 427 g/mol. The maximum Gasteiger partial charge on any atom is 0.376 e. The Bertz CT molecular complexity index is 1210. The predicted molar refractivity (Wildman–Crippen MR) is 110 cm³/mol. The van der Waals surface area contributed by atoms with Crippen LogP contribution in [0.1, 0.15) is 23.1 Å². The fraction of sp³-hybridized carbons (Fsp3) is 0.143. The summed E-state index contributed by atoms with van der Waals surface area (Å²) in [5, 5.41) is 8.20. The molecule has 7 nitrogen and oxygen atoms in total. The molecule has 0 atom stereocenters. The number of esters is 1. The summed E-state index contributed by atoms with van der Waals surface area (Å²) in [7, 11) is 0. The molecule has 0 fully saturated rings. The molecule has 0 bridgehead atoms. The largest absolute Gasteiger partial charge is 0.460 e.